The summed E-state index contributed by atoms with van der Waals surface area (Å²) in [5, 5.41) is 11.8. The number of nitrogens with one attached hydrogen (secondary N) is 1. The van der Waals surface area contributed by atoms with Crippen molar-refractivity contribution in [2.75, 3.05) is 11.1 Å². The maximum absolute atomic E-state index is 12.3. The standard InChI is InChI=1S/C19H25N3O2S/c1-3-14-11-7-8-13(2)17(14)20-16(23)12-25-19-22-21-18(24-19)15-9-5-4-6-10-15/h7-8,11,15H,3-6,9-10,12H2,1-2H3,(H,20,23). The molecular formula is C19H25N3O2S. The number of carbonyl (C=O) groups is 1. The molecule has 1 N–H and O–H groups in total. The summed E-state index contributed by atoms with van der Waals surface area (Å²) in [7, 11) is 0. The van der Waals surface area contributed by atoms with Crippen molar-refractivity contribution in [3.05, 3.63) is 35.2 Å². The van der Waals surface area contributed by atoms with E-state index >= 15 is 0 Å². The van der Waals surface area contributed by atoms with Crippen LogP contribution in [0.4, 0.5) is 5.69 Å². The van der Waals surface area contributed by atoms with Crippen LogP contribution in [0.25, 0.3) is 0 Å². The molecule has 134 valence electrons. The minimum absolute atomic E-state index is 0.0496. The first kappa shape index (κ1) is 18.0. The van der Waals surface area contributed by atoms with Gasteiger partial charge in [-0.05, 0) is 37.3 Å². The molecule has 1 amide bonds. The number of aryl methyl sites for hydroxylation is 2. The fraction of sp³-hybridized carbons (Fsp3) is 0.526. The molecule has 0 spiro atoms. The van der Waals surface area contributed by atoms with Crippen LogP contribution in [-0.4, -0.2) is 21.9 Å². The van der Waals surface area contributed by atoms with Gasteiger partial charge in [-0.2, -0.15) is 0 Å². The fourth-order valence-electron chi connectivity index (χ4n) is 3.30. The topological polar surface area (TPSA) is 68.0 Å². The van der Waals surface area contributed by atoms with Gasteiger partial charge < -0.3 is 9.73 Å². The maximum Gasteiger partial charge on any atom is 0.277 e. The van der Waals surface area contributed by atoms with Gasteiger partial charge in [-0.25, -0.2) is 0 Å². The summed E-state index contributed by atoms with van der Waals surface area (Å²) in [6.07, 6.45) is 6.89. The van der Waals surface area contributed by atoms with Gasteiger partial charge in [-0.15, -0.1) is 10.2 Å². The molecule has 25 heavy (non-hydrogen) atoms. The number of amides is 1. The van der Waals surface area contributed by atoms with Crippen LogP contribution < -0.4 is 5.32 Å². The highest BCUT2D eigenvalue weighted by atomic mass is 32.2. The van der Waals surface area contributed by atoms with Crippen molar-refractivity contribution in [2.45, 2.75) is 63.5 Å². The number of anilines is 1. The largest absolute Gasteiger partial charge is 0.416 e. The van der Waals surface area contributed by atoms with E-state index in [9.17, 15) is 4.79 Å². The lowest BCUT2D eigenvalue weighted by Gasteiger charge is -2.17. The summed E-state index contributed by atoms with van der Waals surface area (Å²) >= 11 is 1.30. The quantitative estimate of drug-likeness (QED) is 0.756. The highest BCUT2D eigenvalue weighted by Crippen LogP contribution is 2.33. The second kappa shape index (κ2) is 8.52. The van der Waals surface area contributed by atoms with E-state index in [1.165, 1.54) is 31.0 Å². The Morgan fingerprint density at radius 2 is 2.08 bits per heavy atom. The molecule has 1 aliphatic rings. The number of carbonyl (C=O) groups excluding carboxylic acids is 1. The van der Waals surface area contributed by atoms with Gasteiger partial charge >= 0.3 is 0 Å². The predicted molar refractivity (Wildman–Crippen MR) is 100 cm³/mol. The molecule has 0 saturated heterocycles. The normalized spacial score (nSPS) is 15.3. The van der Waals surface area contributed by atoms with Gasteiger partial charge in [0.25, 0.3) is 5.22 Å². The SMILES string of the molecule is CCc1cccc(C)c1NC(=O)CSc1nnc(C2CCCCC2)o1. The van der Waals surface area contributed by atoms with Crippen molar-refractivity contribution in [1.29, 1.82) is 0 Å². The number of para-hydroxylation sites is 1. The van der Waals surface area contributed by atoms with Crippen LogP contribution in [0.2, 0.25) is 0 Å². The van der Waals surface area contributed by atoms with E-state index < -0.39 is 0 Å². The molecule has 0 unspecified atom stereocenters. The molecule has 2 aromatic rings. The predicted octanol–water partition coefficient (Wildman–Crippen LogP) is 4.72. The van der Waals surface area contributed by atoms with E-state index in [1.54, 1.807) is 0 Å². The van der Waals surface area contributed by atoms with Crippen LogP contribution in [0.3, 0.4) is 0 Å². The number of benzene rings is 1. The van der Waals surface area contributed by atoms with E-state index in [4.69, 9.17) is 4.42 Å². The van der Waals surface area contributed by atoms with Gasteiger partial charge in [-0.1, -0.05) is 56.1 Å². The van der Waals surface area contributed by atoms with Crippen LogP contribution in [0.1, 0.15) is 62.0 Å². The van der Waals surface area contributed by atoms with E-state index in [2.05, 4.69) is 22.4 Å². The zero-order valence-corrected chi connectivity index (χ0v) is 15.7. The average Bonchev–Trinajstić information content (AvgIpc) is 3.11. The average molecular weight is 359 g/mol. The van der Waals surface area contributed by atoms with Gasteiger partial charge in [0.1, 0.15) is 0 Å². The van der Waals surface area contributed by atoms with Crippen molar-refractivity contribution in [3.63, 3.8) is 0 Å². The third-order valence-corrected chi connectivity index (χ3v) is 5.53. The van der Waals surface area contributed by atoms with Gasteiger partial charge in [-0.3, -0.25) is 4.79 Å². The van der Waals surface area contributed by atoms with E-state index in [0.29, 0.717) is 11.1 Å². The van der Waals surface area contributed by atoms with Crippen molar-refractivity contribution in [1.82, 2.24) is 10.2 Å². The lowest BCUT2D eigenvalue weighted by Crippen LogP contribution is -2.16. The molecule has 1 aromatic carbocycles. The number of thioether (sulfide) groups is 1. The first-order valence-electron chi connectivity index (χ1n) is 9.02. The second-order valence-electron chi connectivity index (χ2n) is 6.54. The molecule has 6 heteroatoms. The monoisotopic (exact) mass is 359 g/mol. The Balaban J connectivity index is 1.55. The highest BCUT2D eigenvalue weighted by Gasteiger charge is 2.21. The third kappa shape index (κ3) is 4.63. The zero-order chi connectivity index (χ0) is 17.6. The van der Waals surface area contributed by atoms with Gasteiger partial charge in [0, 0.05) is 11.6 Å². The summed E-state index contributed by atoms with van der Waals surface area (Å²) in [4.78, 5) is 12.3. The Labute approximate surface area is 153 Å². The minimum atomic E-state index is -0.0496. The minimum Gasteiger partial charge on any atom is -0.416 e. The van der Waals surface area contributed by atoms with Crippen LogP contribution in [0, 0.1) is 6.92 Å². The van der Waals surface area contributed by atoms with Crippen LogP contribution in [0.5, 0.6) is 0 Å². The highest BCUT2D eigenvalue weighted by molar-refractivity contribution is 7.99. The second-order valence-corrected chi connectivity index (χ2v) is 7.47. The van der Waals surface area contributed by atoms with Gasteiger partial charge in [0.15, 0.2) is 0 Å². The van der Waals surface area contributed by atoms with E-state index in [-0.39, 0.29) is 11.7 Å². The Kier molecular flexibility index (Phi) is 6.13. The molecular weight excluding hydrogens is 334 g/mol. The summed E-state index contributed by atoms with van der Waals surface area (Å²) < 4.78 is 5.75. The lowest BCUT2D eigenvalue weighted by molar-refractivity contribution is -0.113. The molecule has 3 rings (SSSR count). The van der Waals surface area contributed by atoms with Gasteiger partial charge in [0.2, 0.25) is 11.8 Å². The maximum atomic E-state index is 12.3. The molecule has 1 fully saturated rings. The number of hydrogen-bond acceptors (Lipinski definition) is 5. The van der Waals surface area contributed by atoms with Crippen LogP contribution in [0.15, 0.2) is 27.8 Å². The first-order valence-corrected chi connectivity index (χ1v) is 10.0. The molecule has 0 atom stereocenters. The van der Waals surface area contributed by atoms with Crippen molar-refractivity contribution in [2.24, 2.45) is 0 Å². The number of hydrogen-bond donors (Lipinski definition) is 1. The smallest absolute Gasteiger partial charge is 0.277 e. The third-order valence-electron chi connectivity index (χ3n) is 4.71. The summed E-state index contributed by atoms with van der Waals surface area (Å²) in [5.74, 6) is 1.34. The van der Waals surface area contributed by atoms with Gasteiger partial charge in [0.05, 0.1) is 5.75 Å². The molecule has 1 heterocycles. The fourth-order valence-corrected chi connectivity index (χ4v) is 3.87. The zero-order valence-electron chi connectivity index (χ0n) is 14.9. The molecule has 1 aromatic heterocycles. The molecule has 0 bridgehead atoms. The van der Waals surface area contributed by atoms with Crippen molar-refractivity contribution < 1.29 is 9.21 Å². The van der Waals surface area contributed by atoms with Crippen molar-refractivity contribution >= 4 is 23.4 Å². The van der Waals surface area contributed by atoms with E-state index in [0.717, 1.165) is 42.0 Å². The molecule has 1 saturated carbocycles. The number of rotatable bonds is 6. The van der Waals surface area contributed by atoms with Crippen LogP contribution >= 0.6 is 11.8 Å². The Bertz CT molecular complexity index is 723. The van der Waals surface area contributed by atoms with Crippen molar-refractivity contribution in [3.8, 4) is 0 Å². The molecule has 0 radical (unpaired) electrons. The summed E-state index contributed by atoms with van der Waals surface area (Å²) in [6.45, 7) is 4.10. The molecule has 0 aliphatic heterocycles. The summed E-state index contributed by atoms with van der Waals surface area (Å²) in [5.41, 5.74) is 3.15. The molecule has 1 aliphatic carbocycles. The Morgan fingerprint density at radius 3 is 2.84 bits per heavy atom. The van der Waals surface area contributed by atoms with Crippen LogP contribution in [-0.2, 0) is 11.2 Å². The lowest BCUT2D eigenvalue weighted by atomic mass is 9.89. The Morgan fingerprint density at radius 1 is 1.28 bits per heavy atom. The van der Waals surface area contributed by atoms with E-state index in [1.807, 2.05) is 25.1 Å². The number of nitrogens with zero attached hydrogens (tertiary/aromatic N) is 2. The first-order chi connectivity index (χ1) is 12.2. The summed E-state index contributed by atoms with van der Waals surface area (Å²) in [6, 6.07) is 6.07. The number of aromatic nitrogens is 2. The Hall–Kier alpha value is -1.82. The molecule has 5 nitrogen and oxygen atoms in total.